The number of hydrogen-bond acceptors (Lipinski definition) is 4. The van der Waals surface area contributed by atoms with E-state index in [0.29, 0.717) is 30.8 Å². The highest BCUT2D eigenvalue weighted by Crippen LogP contribution is 2.23. The monoisotopic (exact) mass is 349 g/mol. The fourth-order valence-corrected chi connectivity index (χ4v) is 2.48. The van der Waals surface area contributed by atoms with E-state index in [1.165, 1.54) is 0 Å². The number of benzene rings is 1. The molecular weight excluding hydrogens is 318 g/mol. The van der Waals surface area contributed by atoms with E-state index in [2.05, 4.69) is 17.6 Å². The lowest BCUT2D eigenvalue weighted by Crippen LogP contribution is -2.28. The molecule has 0 spiro atoms. The van der Waals surface area contributed by atoms with Crippen LogP contribution in [0.2, 0.25) is 0 Å². The van der Waals surface area contributed by atoms with Gasteiger partial charge in [-0.05, 0) is 24.6 Å². The van der Waals surface area contributed by atoms with Crippen LogP contribution in [0.3, 0.4) is 0 Å². The van der Waals surface area contributed by atoms with Gasteiger partial charge in [0.05, 0.1) is 12.2 Å². The first-order chi connectivity index (χ1) is 12.0. The van der Waals surface area contributed by atoms with E-state index in [1.54, 1.807) is 13.2 Å². The quantitative estimate of drug-likeness (QED) is 0.603. The third kappa shape index (κ3) is 7.56. The van der Waals surface area contributed by atoms with Crippen molar-refractivity contribution in [2.75, 3.05) is 44.6 Å². The maximum atomic E-state index is 12.4. The predicted octanol–water partition coefficient (Wildman–Crippen LogP) is 3.04. The van der Waals surface area contributed by atoms with Gasteiger partial charge in [-0.15, -0.1) is 0 Å². The number of nitrogens with zero attached hydrogens (tertiary/aromatic N) is 1. The summed E-state index contributed by atoms with van der Waals surface area (Å²) in [6, 6.07) is 5.39. The zero-order chi connectivity index (χ0) is 18.7. The second-order valence-corrected chi connectivity index (χ2v) is 6.23. The number of anilines is 2. The van der Waals surface area contributed by atoms with Gasteiger partial charge in [-0.3, -0.25) is 9.59 Å². The molecule has 1 rings (SSSR count). The van der Waals surface area contributed by atoms with Crippen LogP contribution in [0.1, 0.15) is 49.4 Å². The van der Waals surface area contributed by atoms with Gasteiger partial charge < -0.3 is 20.3 Å². The first-order valence-electron chi connectivity index (χ1n) is 8.88. The lowest BCUT2D eigenvalue weighted by atomic mass is 10.1. The van der Waals surface area contributed by atoms with Gasteiger partial charge >= 0.3 is 0 Å². The molecule has 0 fully saturated rings. The topological polar surface area (TPSA) is 70.7 Å². The molecule has 0 bridgehead atoms. The highest BCUT2D eigenvalue weighted by molar-refractivity contribution is 6.02. The normalized spacial score (nSPS) is 10.4. The maximum absolute atomic E-state index is 12.4. The van der Waals surface area contributed by atoms with Gasteiger partial charge in [0.2, 0.25) is 5.91 Å². The molecule has 6 heteroatoms. The van der Waals surface area contributed by atoms with E-state index >= 15 is 0 Å². The van der Waals surface area contributed by atoms with Gasteiger partial charge in [0.25, 0.3) is 5.91 Å². The van der Waals surface area contributed by atoms with Gasteiger partial charge in [0.1, 0.15) is 0 Å². The van der Waals surface area contributed by atoms with E-state index < -0.39 is 0 Å². The zero-order valence-corrected chi connectivity index (χ0v) is 15.9. The second kappa shape index (κ2) is 11.5. The van der Waals surface area contributed by atoms with Crippen molar-refractivity contribution in [2.45, 2.75) is 39.0 Å². The molecule has 25 heavy (non-hydrogen) atoms. The minimum absolute atomic E-state index is 0.0144. The lowest BCUT2D eigenvalue weighted by Gasteiger charge is -2.18. The zero-order valence-electron chi connectivity index (χ0n) is 15.9. The number of unbranched alkanes of at least 4 members (excludes halogenated alkanes) is 3. The second-order valence-electron chi connectivity index (χ2n) is 6.23. The number of rotatable bonds is 11. The van der Waals surface area contributed by atoms with Crippen molar-refractivity contribution in [3.05, 3.63) is 23.8 Å². The Kier molecular flexibility index (Phi) is 9.62. The summed E-state index contributed by atoms with van der Waals surface area (Å²) in [6.07, 6.45) is 4.76. The maximum Gasteiger partial charge on any atom is 0.253 e. The smallest absolute Gasteiger partial charge is 0.253 e. The third-order valence-electron chi connectivity index (χ3n) is 3.86. The van der Waals surface area contributed by atoms with E-state index in [4.69, 9.17) is 4.74 Å². The van der Waals surface area contributed by atoms with Gasteiger partial charge in [-0.1, -0.05) is 26.2 Å². The molecule has 0 atom stereocenters. The van der Waals surface area contributed by atoms with Crippen LogP contribution >= 0.6 is 0 Å². The average Bonchev–Trinajstić information content (AvgIpc) is 2.58. The Hall–Kier alpha value is -2.08. The summed E-state index contributed by atoms with van der Waals surface area (Å²) in [5, 5.41) is 5.71. The van der Waals surface area contributed by atoms with Crippen molar-refractivity contribution in [3.63, 3.8) is 0 Å². The molecule has 0 aliphatic carbocycles. The number of carbonyl (C=O) groups is 2. The van der Waals surface area contributed by atoms with Gasteiger partial charge in [0, 0.05) is 45.5 Å². The first kappa shape index (κ1) is 21.0. The van der Waals surface area contributed by atoms with Crippen LogP contribution in [0, 0.1) is 0 Å². The molecule has 1 aromatic rings. The molecule has 1 aromatic carbocycles. The summed E-state index contributed by atoms with van der Waals surface area (Å²) >= 11 is 0. The summed E-state index contributed by atoms with van der Waals surface area (Å²) in [5.41, 5.74) is 1.98. The van der Waals surface area contributed by atoms with Crippen molar-refractivity contribution in [1.82, 2.24) is 5.32 Å². The summed E-state index contributed by atoms with van der Waals surface area (Å²) in [7, 11) is 5.36. The summed E-state index contributed by atoms with van der Waals surface area (Å²) in [6.45, 7) is 3.04. The fourth-order valence-electron chi connectivity index (χ4n) is 2.48. The predicted molar refractivity (Wildman–Crippen MR) is 102 cm³/mol. The van der Waals surface area contributed by atoms with Crippen molar-refractivity contribution in [3.8, 4) is 0 Å². The molecule has 0 saturated carbocycles. The highest BCUT2D eigenvalue weighted by Gasteiger charge is 2.14. The van der Waals surface area contributed by atoms with E-state index in [-0.39, 0.29) is 11.8 Å². The Morgan fingerprint density at radius 2 is 1.92 bits per heavy atom. The molecule has 6 nitrogen and oxygen atoms in total. The Morgan fingerprint density at radius 1 is 1.16 bits per heavy atom. The van der Waals surface area contributed by atoms with Gasteiger partial charge in [0.15, 0.2) is 0 Å². The molecule has 0 aliphatic rings. The Labute approximate surface area is 150 Å². The van der Waals surface area contributed by atoms with Crippen molar-refractivity contribution >= 4 is 23.2 Å². The SMILES string of the molecule is CCCCCCC(=O)Nc1ccc(N(C)C)c(C(=O)NCCOC)c1. The fraction of sp³-hybridized carbons (Fsp3) is 0.579. The van der Waals surface area contributed by atoms with Crippen LogP contribution in [-0.4, -0.2) is 46.2 Å². The summed E-state index contributed by atoms with van der Waals surface area (Å²) in [5.74, 6) is -0.195. The van der Waals surface area contributed by atoms with Crippen LogP contribution in [0.4, 0.5) is 11.4 Å². The van der Waals surface area contributed by atoms with Crippen molar-refractivity contribution < 1.29 is 14.3 Å². The molecular formula is C19H31N3O3. The van der Waals surface area contributed by atoms with Gasteiger partial charge in [-0.2, -0.15) is 0 Å². The summed E-state index contributed by atoms with van der Waals surface area (Å²) < 4.78 is 4.95. The number of amides is 2. The van der Waals surface area contributed by atoms with E-state index in [9.17, 15) is 9.59 Å². The molecule has 0 aliphatic heterocycles. The number of carbonyl (C=O) groups excluding carboxylic acids is 2. The van der Waals surface area contributed by atoms with E-state index in [0.717, 1.165) is 31.4 Å². The summed E-state index contributed by atoms with van der Waals surface area (Å²) in [4.78, 5) is 26.3. The van der Waals surface area contributed by atoms with Crippen molar-refractivity contribution in [1.29, 1.82) is 0 Å². The number of hydrogen-bond donors (Lipinski definition) is 2. The molecule has 2 N–H and O–H groups in total. The van der Waals surface area contributed by atoms with Crippen LogP contribution in [0.25, 0.3) is 0 Å². The molecule has 0 aromatic heterocycles. The Bertz CT molecular complexity index is 559. The van der Waals surface area contributed by atoms with Crippen LogP contribution in [0.15, 0.2) is 18.2 Å². The molecule has 0 saturated heterocycles. The van der Waals surface area contributed by atoms with E-state index in [1.807, 2.05) is 31.1 Å². The van der Waals surface area contributed by atoms with Gasteiger partial charge in [-0.25, -0.2) is 0 Å². The minimum atomic E-state index is -0.181. The Morgan fingerprint density at radius 3 is 2.56 bits per heavy atom. The molecule has 0 radical (unpaired) electrons. The van der Waals surface area contributed by atoms with Crippen LogP contribution in [-0.2, 0) is 9.53 Å². The average molecular weight is 349 g/mol. The van der Waals surface area contributed by atoms with Crippen molar-refractivity contribution in [2.24, 2.45) is 0 Å². The largest absolute Gasteiger partial charge is 0.383 e. The Balaban J connectivity index is 2.76. The number of methoxy groups -OCH3 is 1. The standard InChI is InChI=1S/C19H31N3O3/c1-5-6-7-8-9-18(23)21-15-10-11-17(22(2)3)16(14-15)19(24)20-12-13-25-4/h10-11,14H,5-9,12-13H2,1-4H3,(H,20,24)(H,21,23). The highest BCUT2D eigenvalue weighted by atomic mass is 16.5. The molecule has 0 unspecified atom stereocenters. The van der Waals surface area contributed by atoms with Crippen LogP contribution < -0.4 is 15.5 Å². The third-order valence-corrected chi connectivity index (χ3v) is 3.86. The van der Waals surface area contributed by atoms with Crippen LogP contribution in [0.5, 0.6) is 0 Å². The first-order valence-corrected chi connectivity index (χ1v) is 8.88. The molecule has 2 amide bonds. The lowest BCUT2D eigenvalue weighted by molar-refractivity contribution is -0.116. The molecule has 140 valence electrons. The number of nitrogens with one attached hydrogen (secondary N) is 2. The molecule has 0 heterocycles. The minimum Gasteiger partial charge on any atom is -0.383 e. The number of ether oxygens (including phenoxy) is 1.